The Morgan fingerprint density at radius 3 is 3.24 bits per heavy atom. The average Bonchev–Trinajstić information content (AvgIpc) is 2.98. The zero-order valence-corrected chi connectivity index (χ0v) is 10.5. The van der Waals surface area contributed by atoms with Gasteiger partial charge in [0.2, 0.25) is 0 Å². The van der Waals surface area contributed by atoms with Gasteiger partial charge in [0.15, 0.2) is 0 Å². The molecule has 3 rings (SSSR count). The highest BCUT2D eigenvalue weighted by Crippen LogP contribution is 2.37. The van der Waals surface area contributed by atoms with Crippen molar-refractivity contribution in [2.45, 2.75) is 12.7 Å². The van der Waals surface area contributed by atoms with Crippen LogP contribution in [0.5, 0.6) is 0 Å². The Morgan fingerprint density at radius 2 is 2.47 bits per heavy atom. The first-order chi connectivity index (χ1) is 8.40. The van der Waals surface area contributed by atoms with Gasteiger partial charge in [-0.1, -0.05) is 18.2 Å². The van der Waals surface area contributed by atoms with E-state index in [-0.39, 0.29) is 6.10 Å². The number of nitrogens with one attached hydrogen (secondary N) is 1. The molecule has 1 aliphatic rings. The second-order valence-electron chi connectivity index (χ2n) is 4.10. The topological polar surface area (TPSA) is 34.1 Å². The molecule has 0 saturated carbocycles. The highest BCUT2D eigenvalue weighted by molar-refractivity contribution is 7.13. The highest BCUT2D eigenvalue weighted by atomic mass is 32.1. The molecule has 2 heterocycles. The number of nitrogens with zero attached hydrogens (tertiary/aromatic N) is 1. The first-order valence-electron chi connectivity index (χ1n) is 5.67. The molecule has 1 atom stereocenters. The Bertz CT molecular complexity index is 510. The molecule has 88 valence electrons. The van der Waals surface area contributed by atoms with Gasteiger partial charge in [0.1, 0.15) is 0 Å². The summed E-state index contributed by atoms with van der Waals surface area (Å²) in [6.07, 6.45) is 2.11. The Morgan fingerprint density at radius 1 is 1.53 bits per heavy atom. The van der Waals surface area contributed by atoms with Crippen LogP contribution in [-0.4, -0.2) is 18.6 Å². The number of likely N-dealkylation sites (N-methyl/N-ethyl adjacent to an activating group) is 1. The monoisotopic (exact) mass is 246 g/mol. The van der Waals surface area contributed by atoms with Gasteiger partial charge in [-0.2, -0.15) is 0 Å². The number of hydrogen-bond donors (Lipinski definition) is 1. The van der Waals surface area contributed by atoms with E-state index in [0.717, 1.165) is 6.54 Å². The molecule has 4 heteroatoms. The molecule has 1 aromatic heterocycles. The second-order valence-corrected chi connectivity index (χ2v) is 4.98. The normalized spacial score (nSPS) is 18.3. The molecular formula is C13H14N2OS. The molecule has 0 amide bonds. The van der Waals surface area contributed by atoms with Gasteiger partial charge < -0.3 is 10.1 Å². The largest absolute Gasteiger partial charge is 0.367 e. The average molecular weight is 246 g/mol. The van der Waals surface area contributed by atoms with Gasteiger partial charge in [0, 0.05) is 12.7 Å². The van der Waals surface area contributed by atoms with Gasteiger partial charge in [0.25, 0.3) is 0 Å². The van der Waals surface area contributed by atoms with Crippen LogP contribution >= 0.6 is 11.3 Å². The van der Waals surface area contributed by atoms with Gasteiger partial charge in [-0.05, 0) is 23.7 Å². The van der Waals surface area contributed by atoms with Gasteiger partial charge >= 0.3 is 0 Å². The minimum absolute atomic E-state index is 0.183. The summed E-state index contributed by atoms with van der Waals surface area (Å²) in [5, 5.41) is 3.17. The molecule has 0 saturated heterocycles. The van der Waals surface area contributed by atoms with Crippen LogP contribution in [0.15, 0.2) is 29.9 Å². The first-order valence-corrected chi connectivity index (χ1v) is 6.55. The van der Waals surface area contributed by atoms with E-state index in [2.05, 4.69) is 28.5 Å². The lowest BCUT2D eigenvalue weighted by Crippen LogP contribution is -2.16. The van der Waals surface area contributed by atoms with Crippen LogP contribution in [0.25, 0.3) is 10.4 Å². The van der Waals surface area contributed by atoms with Crippen molar-refractivity contribution in [2.75, 3.05) is 13.6 Å². The summed E-state index contributed by atoms with van der Waals surface area (Å²) in [5.74, 6) is 0. The van der Waals surface area contributed by atoms with Crippen molar-refractivity contribution in [2.24, 2.45) is 0 Å². The number of aromatic nitrogens is 1. The summed E-state index contributed by atoms with van der Waals surface area (Å²) in [4.78, 5) is 5.36. The third-order valence-electron chi connectivity index (χ3n) is 3.08. The van der Waals surface area contributed by atoms with Crippen molar-refractivity contribution in [1.29, 1.82) is 0 Å². The summed E-state index contributed by atoms with van der Waals surface area (Å²) in [6, 6.07) is 6.41. The van der Waals surface area contributed by atoms with Gasteiger partial charge in [0.05, 0.1) is 23.1 Å². The lowest BCUT2D eigenvalue weighted by molar-refractivity contribution is 0.0675. The highest BCUT2D eigenvalue weighted by Gasteiger charge is 2.25. The van der Waals surface area contributed by atoms with E-state index < -0.39 is 0 Å². The Kier molecular flexibility index (Phi) is 2.93. The maximum atomic E-state index is 5.82. The van der Waals surface area contributed by atoms with Crippen molar-refractivity contribution < 1.29 is 4.74 Å². The van der Waals surface area contributed by atoms with E-state index in [0.29, 0.717) is 6.61 Å². The molecule has 1 aromatic carbocycles. The van der Waals surface area contributed by atoms with E-state index in [1.807, 2.05) is 18.8 Å². The van der Waals surface area contributed by atoms with Gasteiger partial charge in [-0.15, -0.1) is 11.3 Å². The minimum Gasteiger partial charge on any atom is -0.367 e. The smallest absolute Gasteiger partial charge is 0.0957 e. The third-order valence-corrected chi connectivity index (χ3v) is 3.88. The molecule has 0 radical (unpaired) electrons. The molecule has 0 aliphatic carbocycles. The third kappa shape index (κ3) is 1.88. The molecule has 0 fully saturated rings. The summed E-state index contributed by atoms with van der Waals surface area (Å²) in [6.45, 7) is 1.56. The molecule has 17 heavy (non-hydrogen) atoms. The Hall–Kier alpha value is -1.23. The van der Waals surface area contributed by atoms with E-state index in [9.17, 15) is 0 Å². The van der Waals surface area contributed by atoms with Crippen LogP contribution in [0.1, 0.15) is 17.2 Å². The molecule has 1 N–H and O–H groups in total. The molecule has 3 nitrogen and oxygen atoms in total. The fourth-order valence-corrected chi connectivity index (χ4v) is 2.95. The van der Waals surface area contributed by atoms with Gasteiger partial charge in [-0.25, -0.2) is 0 Å². The van der Waals surface area contributed by atoms with E-state index >= 15 is 0 Å². The fraction of sp³-hybridized carbons (Fsp3) is 0.308. The lowest BCUT2D eigenvalue weighted by atomic mass is 9.99. The molecular weight excluding hydrogens is 232 g/mol. The van der Waals surface area contributed by atoms with Crippen molar-refractivity contribution in [3.8, 4) is 10.4 Å². The van der Waals surface area contributed by atoms with E-state index in [1.54, 1.807) is 11.3 Å². The van der Waals surface area contributed by atoms with Crippen molar-refractivity contribution >= 4 is 11.3 Å². The minimum atomic E-state index is 0.183. The SMILES string of the molecule is CNCC1OCc2c(-c3cncs3)cccc21. The summed E-state index contributed by atoms with van der Waals surface area (Å²) in [7, 11) is 1.95. The summed E-state index contributed by atoms with van der Waals surface area (Å²) in [5.41, 5.74) is 5.76. The molecule has 1 aliphatic heterocycles. The number of benzene rings is 1. The molecule has 1 unspecified atom stereocenters. The van der Waals surface area contributed by atoms with Crippen molar-refractivity contribution in [3.63, 3.8) is 0 Å². The molecule has 2 aromatic rings. The number of fused-ring (bicyclic) bond motifs is 1. The zero-order valence-electron chi connectivity index (χ0n) is 9.64. The Balaban J connectivity index is 2.04. The number of rotatable bonds is 3. The number of hydrogen-bond acceptors (Lipinski definition) is 4. The van der Waals surface area contributed by atoms with E-state index in [4.69, 9.17) is 4.74 Å². The number of thiazole rings is 1. The van der Waals surface area contributed by atoms with Crippen LogP contribution < -0.4 is 5.32 Å². The van der Waals surface area contributed by atoms with Crippen LogP contribution in [0, 0.1) is 0 Å². The van der Waals surface area contributed by atoms with Crippen LogP contribution in [0.3, 0.4) is 0 Å². The first kappa shape index (κ1) is 10.9. The number of ether oxygens (including phenoxy) is 1. The van der Waals surface area contributed by atoms with Crippen LogP contribution in [0.2, 0.25) is 0 Å². The zero-order chi connectivity index (χ0) is 11.7. The van der Waals surface area contributed by atoms with Crippen molar-refractivity contribution in [1.82, 2.24) is 10.3 Å². The van der Waals surface area contributed by atoms with Gasteiger partial charge in [-0.3, -0.25) is 4.98 Å². The lowest BCUT2D eigenvalue weighted by Gasteiger charge is -2.10. The Labute approximate surface area is 104 Å². The van der Waals surface area contributed by atoms with E-state index in [1.165, 1.54) is 21.6 Å². The summed E-state index contributed by atoms with van der Waals surface area (Å²) >= 11 is 1.67. The predicted molar refractivity (Wildman–Crippen MR) is 69.0 cm³/mol. The molecule has 0 bridgehead atoms. The quantitative estimate of drug-likeness (QED) is 0.904. The molecule has 0 spiro atoms. The standard InChI is InChI=1S/C13H14N2OS/c1-14-5-12-9-3-2-4-10(11(9)7-16-12)13-6-15-8-17-13/h2-4,6,8,12,14H,5,7H2,1H3. The predicted octanol–water partition coefficient (Wildman–Crippen LogP) is 2.60. The maximum absolute atomic E-state index is 5.82. The van der Waals surface area contributed by atoms with Crippen molar-refractivity contribution in [3.05, 3.63) is 41.0 Å². The summed E-state index contributed by atoms with van der Waals surface area (Å²) < 4.78 is 5.82. The fourth-order valence-electron chi connectivity index (χ4n) is 2.28. The second kappa shape index (κ2) is 4.56. The maximum Gasteiger partial charge on any atom is 0.0957 e. The van der Waals surface area contributed by atoms with Crippen LogP contribution in [-0.2, 0) is 11.3 Å². The van der Waals surface area contributed by atoms with Crippen LogP contribution in [0.4, 0.5) is 0 Å².